The van der Waals surface area contributed by atoms with E-state index in [1.54, 1.807) is 0 Å². The van der Waals surface area contributed by atoms with E-state index in [1.807, 2.05) is 27.7 Å². The van der Waals surface area contributed by atoms with Crippen LogP contribution in [0.4, 0.5) is 0 Å². The van der Waals surface area contributed by atoms with Gasteiger partial charge in [-0.2, -0.15) is 8.42 Å². The monoisotopic (exact) mass is 410 g/mol. The van der Waals surface area contributed by atoms with Gasteiger partial charge in [-0.15, -0.1) is 0 Å². The van der Waals surface area contributed by atoms with E-state index in [-0.39, 0.29) is 55.3 Å². The van der Waals surface area contributed by atoms with E-state index in [0.29, 0.717) is 24.7 Å². The van der Waals surface area contributed by atoms with Gasteiger partial charge in [0.2, 0.25) is 0 Å². The quantitative estimate of drug-likeness (QED) is 0.358. The Bertz CT molecular complexity index is 748. The molecule has 1 N–H and O–H groups in total. The van der Waals surface area contributed by atoms with Crippen molar-refractivity contribution >= 4 is 22.1 Å². The number of rotatable bonds is 9. The Morgan fingerprint density at radius 3 is 1.93 bits per heavy atom. The SMILES string of the molecule is CC(C)CCOC(=O)c1ccc(C(=O)OCCC(C)C)c(S(=O)(=O)O)c1.[H-].[Na+]. The van der Waals surface area contributed by atoms with Gasteiger partial charge in [0.25, 0.3) is 10.1 Å². The molecule has 0 aliphatic heterocycles. The summed E-state index contributed by atoms with van der Waals surface area (Å²) in [6.07, 6.45) is 1.28. The topological polar surface area (TPSA) is 107 Å². The minimum atomic E-state index is -4.72. The average molecular weight is 410 g/mol. The first-order chi connectivity index (χ1) is 12.0. The predicted octanol–water partition coefficient (Wildman–Crippen LogP) is 0.456. The number of esters is 2. The van der Waals surface area contributed by atoms with Crippen molar-refractivity contribution in [2.24, 2.45) is 11.8 Å². The second-order valence-corrected chi connectivity index (χ2v) is 8.21. The van der Waals surface area contributed by atoms with Crippen molar-refractivity contribution in [3.8, 4) is 0 Å². The maximum atomic E-state index is 12.1. The summed E-state index contributed by atoms with van der Waals surface area (Å²) in [6, 6.07) is 3.33. The fourth-order valence-corrected chi connectivity index (χ4v) is 2.67. The van der Waals surface area contributed by atoms with E-state index in [0.717, 1.165) is 12.1 Å². The third kappa shape index (κ3) is 9.21. The molecule has 0 saturated heterocycles. The number of hydrogen-bond donors (Lipinski definition) is 1. The van der Waals surface area contributed by atoms with E-state index in [9.17, 15) is 22.6 Å². The fraction of sp³-hybridized carbons (Fsp3) is 0.556. The molecule has 148 valence electrons. The minimum absolute atomic E-state index is 0. The van der Waals surface area contributed by atoms with Crippen molar-refractivity contribution in [2.75, 3.05) is 13.2 Å². The third-order valence-corrected chi connectivity index (χ3v) is 4.47. The number of carbonyl (C=O) groups excluding carboxylic acids is 2. The molecule has 0 unspecified atom stereocenters. The summed E-state index contributed by atoms with van der Waals surface area (Å²) in [5.41, 5.74) is -0.393. The van der Waals surface area contributed by atoms with Crippen LogP contribution in [0.1, 0.15) is 62.7 Å². The number of carbonyl (C=O) groups is 2. The van der Waals surface area contributed by atoms with Crippen molar-refractivity contribution in [1.82, 2.24) is 0 Å². The molecule has 0 radical (unpaired) electrons. The van der Waals surface area contributed by atoms with Gasteiger partial charge in [-0.25, -0.2) is 9.59 Å². The molecule has 0 saturated carbocycles. The summed E-state index contributed by atoms with van der Waals surface area (Å²) in [5.74, 6) is -0.945. The first kappa shape index (κ1) is 26.1. The maximum Gasteiger partial charge on any atom is 1.00 e. The Morgan fingerprint density at radius 2 is 1.48 bits per heavy atom. The smallest absolute Gasteiger partial charge is 1.00 e. The van der Waals surface area contributed by atoms with Crippen LogP contribution in [0.15, 0.2) is 23.1 Å². The molecule has 1 aromatic rings. The van der Waals surface area contributed by atoms with Crippen molar-refractivity contribution in [3.05, 3.63) is 29.3 Å². The number of hydrogen-bond acceptors (Lipinski definition) is 6. The molecule has 9 heteroatoms. The third-order valence-electron chi connectivity index (χ3n) is 3.57. The second kappa shape index (κ2) is 11.8. The van der Waals surface area contributed by atoms with Gasteiger partial charge in [-0.05, 0) is 42.9 Å². The predicted molar refractivity (Wildman–Crippen MR) is 96.8 cm³/mol. The van der Waals surface area contributed by atoms with Crippen molar-refractivity contribution in [2.45, 2.75) is 45.4 Å². The molecule has 0 aliphatic rings. The summed E-state index contributed by atoms with van der Waals surface area (Å²) in [7, 11) is -4.72. The Labute approximate surface area is 184 Å². The van der Waals surface area contributed by atoms with Gasteiger partial charge in [0.1, 0.15) is 4.90 Å². The van der Waals surface area contributed by atoms with Gasteiger partial charge >= 0.3 is 41.5 Å². The van der Waals surface area contributed by atoms with E-state index in [1.165, 1.54) is 6.07 Å². The zero-order valence-corrected chi connectivity index (χ0v) is 19.3. The van der Waals surface area contributed by atoms with Gasteiger partial charge in [-0.3, -0.25) is 4.55 Å². The standard InChI is InChI=1S/C18H26O7S.Na.H/c1-12(2)7-9-24-17(19)14-5-6-15(16(11-14)26(21,22)23)18(20)25-10-8-13(3)4;;/h5-6,11-13H,7-10H2,1-4H3,(H,21,22,23);;/q;+1;-1. The van der Waals surface area contributed by atoms with E-state index in [2.05, 4.69) is 0 Å². The van der Waals surface area contributed by atoms with Crippen molar-refractivity contribution < 1.29 is 63.0 Å². The Morgan fingerprint density at radius 1 is 1.00 bits per heavy atom. The van der Waals surface area contributed by atoms with Crippen LogP contribution in [-0.4, -0.2) is 38.1 Å². The molecule has 1 rings (SSSR count). The summed E-state index contributed by atoms with van der Waals surface area (Å²) in [6.45, 7) is 8.18. The zero-order chi connectivity index (χ0) is 19.9. The van der Waals surface area contributed by atoms with Crippen LogP contribution in [0, 0.1) is 11.8 Å². The average Bonchev–Trinajstić information content (AvgIpc) is 2.52. The maximum absolute atomic E-state index is 12.1. The Balaban J connectivity index is 0. The molecule has 1 aromatic carbocycles. The molecule has 0 aromatic heterocycles. The van der Waals surface area contributed by atoms with Crippen molar-refractivity contribution in [1.29, 1.82) is 0 Å². The molecule has 0 atom stereocenters. The molecule has 0 heterocycles. The van der Waals surface area contributed by atoms with Crippen LogP contribution in [0.25, 0.3) is 0 Å². The molecule has 0 amide bonds. The summed E-state index contributed by atoms with van der Waals surface area (Å²) >= 11 is 0. The molecule has 27 heavy (non-hydrogen) atoms. The summed E-state index contributed by atoms with van der Waals surface area (Å²) in [5, 5.41) is 0. The first-order valence-corrected chi connectivity index (χ1v) is 9.92. The molecular weight excluding hydrogens is 383 g/mol. The molecule has 0 bridgehead atoms. The normalized spacial score (nSPS) is 11.2. The first-order valence-electron chi connectivity index (χ1n) is 8.48. The molecule has 0 spiro atoms. The van der Waals surface area contributed by atoms with Crippen LogP contribution >= 0.6 is 0 Å². The van der Waals surface area contributed by atoms with Crippen LogP contribution in [0.2, 0.25) is 0 Å². The van der Waals surface area contributed by atoms with E-state index in [4.69, 9.17) is 9.47 Å². The largest absolute Gasteiger partial charge is 1.00 e. The Kier molecular flexibility index (Phi) is 11.4. The van der Waals surface area contributed by atoms with Crippen LogP contribution in [-0.2, 0) is 19.6 Å². The molecule has 0 aliphatic carbocycles. The minimum Gasteiger partial charge on any atom is -1.00 e. The van der Waals surface area contributed by atoms with Crippen LogP contribution in [0.3, 0.4) is 0 Å². The van der Waals surface area contributed by atoms with Gasteiger partial charge < -0.3 is 10.9 Å². The number of ether oxygens (including phenoxy) is 2. The number of benzene rings is 1. The molecule has 7 nitrogen and oxygen atoms in total. The summed E-state index contributed by atoms with van der Waals surface area (Å²) in [4.78, 5) is 23.5. The van der Waals surface area contributed by atoms with Crippen molar-refractivity contribution in [3.63, 3.8) is 0 Å². The Hall–Kier alpha value is -0.930. The van der Waals surface area contributed by atoms with Gasteiger partial charge in [0.05, 0.1) is 24.3 Å². The fourth-order valence-electron chi connectivity index (χ4n) is 1.97. The second-order valence-electron chi connectivity index (χ2n) is 6.82. The van der Waals surface area contributed by atoms with Gasteiger partial charge in [0, 0.05) is 0 Å². The van der Waals surface area contributed by atoms with Crippen LogP contribution < -0.4 is 29.6 Å². The molecular formula is C18H27NaO7S. The van der Waals surface area contributed by atoms with E-state index < -0.39 is 27.0 Å². The summed E-state index contributed by atoms with van der Waals surface area (Å²) < 4.78 is 42.7. The molecule has 0 fully saturated rings. The van der Waals surface area contributed by atoms with Gasteiger partial charge in [0.15, 0.2) is 0 Å². The van der Waals surface area contributed by atoms with Gasteiger partial charge in [-0.1, -0.05) is 27.7 Å². The van der Waals surface area contributed by atoms with E-state index >= 15 is 0 Å². The van der Waals surface area contributed by atoms with Crippen LogP contribution in [0.5, 0.6) is 0 Å². The zero-order valence-electron chi connectivity index (χ0n) is 17.5.